The smallest absolute Gasteiger partial charge is 0.790 e. The van der Waals surface area contributed by atoms with E-state index in [1.807, 2.05) is 0 Å². The molecule has 1 fully saturated rings. The van der Waals surface area contributed by atoms with Gasteiger partial charge in [-0.1, -0.05) is 0 Å². The largest absolute Gasteiger partial charge is 2.00 e. The molecule has 1 rings (SSSR count). The molecule has 0 aromatic rings. The molecule has 0 saturated carbocycles. The second kappa shape index (κ2) is 7.09. The molecule has 9 nitrogen and oxygen atoms in total. The van der Waals surface area contributed by atoms with Crippen molar-refractivity contribution in [3.05, 3.63) is 0 Å². The fourth-order valence-corrected chi connectivity index (χ4v) is 1.71. The SMILES string of the molecule is O=P([O-])([O-])O[C@H]1O[C@H](CO)[C@@H](O)[C@H](O)[C@H]1O.[Ca+2]. The molecule has 4 N–H and O–H groups in total. The van der Waals surface area contributed by atoms with E-state index in [1.165, 1.54) is 0 Å². The van der Waals surface area contributed by atoms with E-state index < -0.39 is 45.1 Å². The fourth-order valence-electron chi connectivity index (χ4n) is 1.28. The Morgan fingerprint density at radius 1 is 1.18 bits per heavy atom. The molecule has 0 aliphatic carbocycles. The van der Waals surface area contributed by atoms with Crippen LogP contribution in [-0.2, 0) is 13.8 Å². The van der Waals surface area contributed by atoms with Crippen LogP contribution in [0, 0.1) is 0 Å². The summed E-state index contributed by atoms with van der Waals surface area (Å²) in [5, 5.41) is 36.5. The number of aliphatic hydroxyl groups excluding tert-OH is 4. The van der Waals surface area contributed by atoms with Crippen molar-refractivity contribution in [3.63, 3.8) is 0 Å². The van der Waals surface area contributed by atoms with Gasteiger partial charge in [0.2, 0.25) is 0 Å². The Morgan fingerprint density at radius 3 is 2.12 bits per heavy atom. The molecule has 0 aromatic carbocycles. The van der Waals surface area contributed by atoms with Crippen molar-refractivity contribution in [2.75, 3.05) is 6.61 Å². The summed E-state index contributed by atoms with van der Waals surface area (Å²) >= 11 is 0. The number of rotatable bonds is 3. The fraction of sp³-hybridized carbons (Fsp3) is 1.00. The van der Waals surface area contributed by atoms with Crippen LogP contribution < -0.4 is 9.79 Å². The van der Waals surface area contributed by atoms with Gasteiger partial charge in [-0.15, -0.1) is 0 Å². The average molecular weight is 298 g/mol. The first kappa shape index (κ1) is 18.2. The zero-order valence-electron chi connectivity index (χ0n) is 8.58. The van der Waals surface area contributed by atoms with Crippen LogP contribution in [0.5, 0.6) is 0 Å². The van der Waals surface area contributed by atoms with Crippen molar-refractivity contribution in [2.45, 2.75) is 30.7 Å². The van der Waals surface area contributed by atoms with Gasteiger partial charge >= 0.3 is 37.7 Å². The topological polar surface area (TPSA) is 163 Å². The van der Waals surface area contributed by atoms with Crippen LogP contribution in [-0.4, -0.2) is 95.5 Å². The molecule has 1 aliphatic heterocycles. The van der Waals surface area contributed by atoms with Crippen LogP contribution in [0.4, 0.5) is 0 Å². The second-order valence-electron chi connectivity index (χ2n) is 3.25. The molecule has 1 aliphatic rings. The normalized spacial score (nSPS) is 38.6. The maximum atomic E-state index is 10.3. The monoisotopic (exact) mass is 298 g/mol. The van der Waals surface area contributed by atoms with Crippen molar-refractivity contribution in [1.82, 2.24) is 0 Å². The standard InChI is InChI=1S/C6H13O9P.Ca/c7-1-2-3(8)4(9)5(10)6(14-2)15-16(11,12)13;/h2-10H,1H2,(H2,11,12,13);/q;+2/p-2/t2-,3-,4+,5-,6-;/m1./s1. The first-order valence-electron chi connectivity index (χ1n) is 4.27. The van der Waals surface area contributed by atoms with Gasteiger partial charge in [0.05, 0.1) is 14.4 Å². The molecular formula is C6H11CaO9P. The van der Waals surface area contributed by atoms with Crippen molar-refractivity contribution >= 4 is 45.6 Å². The molecule has 17 heavy (non-hydrogen) atoms. The molecule has 1 heterocycles. The molecule has 0 aromatic heterocycles. The summed E-state index contributed by atoms with van der Waals surface area (Å²) in [6.07, 6.45) is -8.61. The number of hydrogen-bond donors (Lipinski definition) is 4. The maximum absolute atomic E-state index is 10.3. The van der Waals surface area contributed by atoms with Gasteiger partial charge in [0.1, 0.15) is 24.4 Å². The molecule has 11 heteroatoms. The van der Waals surface area contributed by atoms with E-state index in [2.05, 4.69) is 9.26 Å². The van der Waals surface area contributed by atoms with Crippen LogP contribution in [0.1, 0.15) is 0 Å². The zero-order valence-corrected chi connectivity index (χ0v) is 11.7. The Morgan fingerprint density at radius 2 is 1.71 bits per heavy atom. The first-order chi connectivity index (χ1) is 7.26. The molecule has 0 unspecified atom stereocenters. The number of aliphatic hydroxyl groups is 4. The van der Waals surface area contributed by atoms with E-state index in [9.17, 15) is 29.7 Å². The summed E-state index contributed by atoms with van der Waals surface area (Å²) in [6, 6.07) is 0. The predicted molar refractivity (Wildman–Crippen MR) is 48.2 cm³/mol. The van der Waals surface area contributed by atoms with Crippen molar-refractivity contribution < 1.29 is 44.0 Å². The minimum atomic E-state index is -5.41. The molecular weight excluding hydrogens is 287 g/mol. The van der Waals surface area contributed by atoms with Gasteiger partial charge in [0.25, 0.3) is 0 Å². The van der Waals surface area contributed by atoms with Gasteiger partial charge in [0, 0.05) is 0 Å². The molecule has 0 amide bonds. The van der Waals surface area contributed by atoms with Crippen molar-refractivity contribution in [3.8, 4) is 0 Å². The Labute approximate surface area is 126 Å². The van der Waals surface area contributed by atoms with Crippen LogP contribution in [0.3, 0.4) is 0 Å². The van der Waals surface area contributed by atoms with E-state index in [1.54, 1.807) is 0 Å². The van der Waals surface area contributed by atoms with Crippen molar-refractivity contribution in [1.29, 1.82) is 0 Å². The van der Waals surface area contributed by atoms with Gasteiger partial charge in [-0.05, 0) is 0 Å². The Hall–Kier alpha value is 1.17. The van der Waals surface area contributed by atoms with Crippen LogP contribution in [0.25, 0.3) is 0 Å². The van der Waals surface area contributed by atoms with Gasteiger partial charge in [0.15, 0.2) is 6.29 Å². The third-order valence-corrected chi connectivity index (χ3v) is 2.55. The minimum absolute atomic E-state index is 0. The summed E-state index contributed by atoms with van der Waals surface area (Å²) in [5.41, 5.74) is 0. The second-order valence-corrected chi connectivity index (χ2v) is 4.36. The molecule has 96 valence electrons. The first-order valence-corrected chi connectivity index (χ1v) is 5.73. The minimum Gasteiger partial charge on any atom is -0.790 e. The molecule has 0 radical (unpaired) electrons. The summed E-state index contributed by atoms with van der Waals surface area (Å²) < 4.78 is 18.7. The molecule has 0 bridgehead atoms. The quantitative estimate of drug-likeness (QED) is 0.296. The van der Waals surface area contributed by atoms with Gasteiger partial charge < -0.3 is 44.0 Å². The van der Waals surface area contributed by atoms with E-state index in [0.29, 0.717) is 0 Å². The van der Waals surface area contributed by atoms with Crippen LogP contribution in [0.2, 0.25) is 0 Å². The van der Waals surface area contributed by atoms with Gasteiger partial charge in [-0.2, -0.15) is 0 Å². The molecule has 1 saturated heterocycles. The van der Waals surface area contributed by atoms with E-state index in [-0.39, 0.29) is 37.7 Å². The predicted octanol–water partition coefficient (Wildman–Crippen LogP) is -4.75. The average Bonchev–Trinajstić information content (AvgIpc) is 2.17. The van der Waals surface area contributed by atoms with Crippen LogP contribution >= 0.6 is 7.82 Å². The third kappa shape index (κ3) is 4.98. The summed E-state index contributed by atoms with van der Waals surface area (Å²) in [4.78, 5) is 20.6. The Kier molecular flexibility index (Phi) is 7.57. The zero-order chi connectivity index (χ0) is 12.5. The maximum Gasteiger partial charge on any atom is 2.00 e. The summed E-state index contributed by atoms with van der Waals surface area (Å²) in [7, 11) is -5.41. The third-order valence-electron chi connectivity index (χ3n) is 2.08. The van der Waals surface area contributed by atoms with E-state index >= 15 is 0 Å². The van der Waals surface area contributed by atoms with Crippen LogP contribution in [0.15, 0.2) is 0 Å². The Balaban J connectivity index is 0.00000256. The number of phosphoric ester groups is 1. The van der Waals surface area contributed by atoms with E-state index in [4.69, 9.17) is 5.11 Å². The van der Waals surface area contributed by atoms with Gasteiger partial charge in [-0.3, -0.25) is 0 Å². The molecule has 5 atom stereocenters. The van der Waals surface area contributed by atoms with E-state index in [0.717, 1.165) is 0 Å². The molecule has 0 spiro atoms. The summed E-state index contributed by atoms with van der Waals surface area (Å²) in [6.45, 7) is -0.743. The Bertz CT molecular complexity index is 281. The van der Waals surface area contributed by atoms with Crippen molar-refractivity contribution in [2.24, 2.45) is 0 Å². The number of hydrogen-bond acceptors (Lipinski definition) is 9. The number of ether oxygens (including phenoxy) is 1. The van der Waals surface area contributed by atoms with Gasteiger partial charge in [-0.25, -0.2) is 0 Å². The number of phosphoric acid groups is 1. The summed E-state index contributed by atoms with van der Waals surface area (Å²) in [5.74, 6) is 0.